The third-order valence-electron chi connectivity index (χ3n) is 3.10. The maximum atomic E-state index is 12.0. The molecule has 1 heterocycles. The van der Waals surface area contributed by atoms with E-state index in [0.717, 1.165) is 10.9 Å². The number of nitrogens with one attached hydrogen (secondary N) is 1. The number of nitrogen functional groups attached to an aromatic ring is 1. The second kappa shape index (κ2) is 5.38. The zero-order valence-corrected chi connectivity index (χ0v) is 12.2. The lowest BCUT2D eigenvalue weighted by Gasteiger charge is -2.06. The largest absolute Gasteiger partial charge is 0.508 e. The van der Waals surface area contributed by atoms with E-state index in [2.05, 4.69) is 4.98 Å². The lowest BCUT2D eigenvalue weighted by molar-refractivity contribution is 0.475. The fourth-order valence-electron chi connectivity index (χ4n) is 2.11. The molecule has 0 unspecified atom stereocenters. The average Bonchev–Trinajstić information content (AvgIpc) is 2.41. The highest BCUT2D eigenvalue weighted by Gasteiger charge is 2.06. The number of aromatic nitrogens is 1. The van der Waals surface area contributed by atoms with Gasteiger partial charge in [-0.3, -0.25) is 4.79 Å². The van der Waals surface area contributed by atoms with Gasteiger partial charge in [0.15, 0.2) is 0 Å². The normalized spacial score (nSPS) is 10.2. The summed E-state index contributed by atoms with van der Waals surface area (Å²) in [6, 6.07) is 13.7. The standard InChI is InChI=1S/C15H12N2O2.BrH/c16-13-3-1-2-11-12(13)8-14(17-15(11)19)9-4-6-10(18)7-5-9;/h1-8,18H,16H2,(H,17,19);1H. The zero-order valence-electron chi connectivity index (χ0n) is 10.5. The summed E-state index contributed by atoms with van der Waals surface area (Å²) in [6.07, 6.45) is 0. The van der Waals surface area contributed by atoms with Crippen LogP contribution in [0.25, 0.3) is 22.0 Å². The zero-order chi connectivity index (χ0) is 13.4. The number of hydrogen-bond acceptors (Lipinski definition) is 3. The molecular weight excluding hydrogens is 320 g/mol. The maximum Gasteiger partial charge on any atom is 0.256 e. The van der Waals surface area contributed by atoms with Gasteiger partial charge in [-0.05, 0) is 48.0 Å². The number of rotatable bonds is 1. The SMILES string of the molecule is Br.Nc1cccc2c(=O)[nH]c(-c3ccc(O)cc3)cc12. The first-order valence-electron chi connectivity index (χ1n) is 5.86. The van der Waals surface area contributed by atoms with Gasteiger partial charge >= 0.3 is 0 Å². The van der Waals surface area contributed by atoms with Crippen LogP contribution in [0.3, 0.4) is 0 Å². The van der Waals surface area contributed by atoms with Gasteiger partial charge < -0.3 is 15.8 Å². The number of phenols is 1. The van der Waals surface area contributed by atoms with Crippen LogP contribution in [-0.4, -0.2) is 10.1 Å². The van der Waals surface area contributed by atoms with E-state index in [9.17, 15) is 9.90 Å². The van der Waals surface area contributed by atoms with Crippen LogP contribution < -0.4 is 11.3 Å². The Hall–Kier alpha value is -2.27. The minimum absolute atomic E-state index is 0. The van der Waals surface area contributed by atoms with Gasteiger partial charge in [-0.2, -0.15) is 0 Å². The number of aromatic amines is 1. The Bertz CT molecular complexity index is 810. The minimum Gasteiger partial charge on any atom is -0.508 e. The van der Waals surface area contributed by atoms with Gasteiger partial charge in [0.25, 0.3) is 5.56 Å². The molecule has 0 saturated heterocycles. The van der Waals surface area contributed by atoms with E-state index in [0.29, 0.717) is 16.8 Å². The van der Waals surface area contributed by atoms with E-state index in [1.165, 1.54) is 0 Å². The molecule has 0 radical (unpaired) electrons. The molecule has 4 N–H and O–H groups in total. The Kier molecular flexibility index (Phi) is 3.81. The van der Waals surface area contributed by atoms with Crippen molar-refractivity contribution in [2.24, 2.45) is 0 Å². The highest BCUT2D eigenvalue weighted by atomic mass is 79.9. The fraction of sp³-hybridized carbons (Fsp3) is 0. The fourth-order valence-corrected chi connectivity index (χ4v) is 2.11. The number of benzene rings is 2. The van der Waals surface area contributed by atoms with Gasteiger partial charge in [0.1, 0.15) is 5.75 Å². The summed E-state index contributed by atoms with van der Waals surface area (Å²) < 4.78 is 0. The number of pyridine rings is 1. The van der Waals surface area contributed by atoms with E-state index in [1.807, 2.05) is 6.07 Å². The average molecular weight is 333 g/mol. The van der Waals surface area contributed by atoms with Crippen LogP contribution in [0.4, 0.5) is 5.69 Å². The van der Waals surface area contributed by atoms with Crippen molar-refractivity contribution in [1.29, 1.82) is 0 Å². The lowest BCUT2D eigenvalue weighted by Crippen LogP contribution is -2.08. The molecule has 4 nitrogen and oxygen atoms in total. The highest BCUT2D eigenvalue weighted by molar-refractivity contribution is 8.93. The van der Waals surface area contributed by atoms with Gasteiger partial charge in [0, 0.05) is 22.2 Å². The molecule has 0 amide bonds. The second-order valence-electron chi connectivity index (χ2n) is 4.37. The van der Waals surface area contributed by atoms with Gasteiger partial charge in [-0.15, -0.1) is 17.0 Å². The molecule has 0 fully saturated rings. The van der Waals surface area contributed by atoms with Crippen molar-refractivity contribution in [2.45, 2.75) is 0 Å². The van der Waals surface area contributed by atoms with Crippen molar-refractivity contribution in [1.82, 2.24) is 4.98 Å². The van der Waals surface area contributed by atoms with Crippen molar-refractivity contribution < 1.29 is 5.11 Å². The van der Waals surface area contributed by atoms with Crippen molar-refractivity contribution in [3.05, 3.63) is 58.9 Å². The molecule has 0 atom stereocenters. The summed E-state index contributed by atoms with van der Waals surface area (Å²) in [5, 5.41) is 10.6. The minimum atomic E-state index is -0.173. The number of H-pyrrole nitrogens is 1. The third-order valence-corrected chi connectivity index (χ3v) is 3.10. The van der Waals surface area contributed by atoms with E-state index in [1.54, 1.807) is 42.5 Å². The molecule has 0 saturated carbocycles. The predicted octanol–water partition coefficient (Wildman–Crippen LogP) is 3.06. The smallest absolute Gasteiger partial charge is 0.256 e. The molecule has 3 aromatic rings. The van der Waals surface area contributed by atoms with Gasteiger partial charge in [0.2, 0.25) is 0 Å². The van der Waals surface area contributed by atoms with Crippen LogP contribution in [0.15, 0.2) is 53.3 Å². The second-order valence-corrected chi connectivity index (χ2v) is 4.37. The molecule has 5 heteroatoms. The Labute approximate surface area is 125 Å². The molecule has 0 bridgehead atoms. The molecule has 2 aromatic carbocycles. The Balaban J connectivity index is 0.00000147. The monoisotopic (exact) mass is 332 g/mol. The van der Waals surface area contributed by atoms with E-state index >= 15 is 0 Å². The molecule has 0 spiro atoms. The Morgan fingerprint density at radius 1 is 1.00 bits per heavy atom. The molecular formula is C15H13BrN2O2. The number of aromatic hydroxyl groups is 1. The van der Waals surface area contributed by atoms with E-state index in [-0.39, 0.29) is 28.3 Å². The van der Waals surface area contributed by atoms with E-state index < -0.39 is 0 Å². The summed E-state index contributed by atoms with van der Waals surface area (Å²) in [5.41, 5.74) is 7.80. The molecule has 0 aliphatic carbocycles. The van der Waals surface area contributed by atoms with E-state index in [4.69, 9.17) is 5.73 Å². The Morgan fingerprint density at radius 3 is 2.40 bits per heavy atom. The quantitative estimate of drug-likeness (QED) is 0.599. The lowest BCUT2D eigenvalue weighted by atomic mass is 10.1. The summed E-state index contributed by atoms with van der Waals surface area (Å²) in [4.78, 5) is 14.9. The van der Waals surface area contributed by atoms with Crippen LogP contribution in [0.5, 0.6) is 5.75 Å². The highest BCUT2D eigenvalue weighted by Crippen LogP contribution is 2.24. The first kappa shape index (κ1) is 14.1. The first-order chi connectivity index (χ1) is 9.15. The molecule has 102 valence electrons. The summed E-state index contributed by atoms with van der Waals surface area (Å²) in [5.74, 6) is 0.186. The molecule has 0 aliphatic rings. The van der Waals surface area contributed by atoms with Crippen molar-refractivity contribution in [2.75, 3.05) is 5.73 Å². The maximum absolute atomic E-state index is 12.0. The molecule has 0 aliphatic heterocycles. The number of phenolic OH excluding ortho intramolecular Hbond substituents is 1. The Morgan fingerprint density at radius 2 is 1.70 bits per heavy atom. The third kappa shape index (κ3) is 2.40. The predicted molar refractivity (Wildman–Crippen MR) is 86.4 cm³/mol. The topological polar surface area (TPSA) is 79.1 Å². The molecule has 3 rings (SSSR count). The van der Waals surface area contributed by atoms with Crippen LogP contribution in [0.2, 0.25) is 0 Å². The summed E-state index contributed by atoms with van der Waals surface area (Å²) in [7, 11) is 0. The number of fused-ring (bicyclic) bond motifs is 1. The van der Waals surface area contributed by atoms with Crippen LogP contribution in [0, 0.1) is 0 Å². The van der Waals surface area contributed by atoms with Gasteiger partial charge in [-0.25, -0.2) is 0 Å². The van der Waals surface area contributed by atoms with Crippen LogP contribution >= 0.6 is 17.0 Å². The van der Waals surface area contributed by atoms with Crippen molar-refractivity contribution in [3.8, 4) is 17.0 Å². The van der Waals surface area contributed by atoms with Crippen molar-refractivity contribution in [3.63, 3.8) is 0 Å². The summed E-state index contributed by atoms with van der Waals surface area (Å²) in [6.45, 7) is 0. The first-order valence-corrected chi connectivity index (χ1v) is 5.86. The van der Waals surface area contributed by atoms with Crippen molar-refractivity contribution >= 4 is 33.4 Å². The molecule has 1 aromatic heterocycles. The van der Waals surface area contributed by atoms with Crippen LogP contribution in [-0.2, 0) is 0 Å². The number of halogens is 1. The molecule has 20 heavy (non-hydrogen) atoms. The van der Waals surface area contributed by atoms with Gasteiger partial charge in [0.05, 0.1) is 0 Å². The number of nitrogens with two attached hydrogens (primary N) is 1. The number of anilines is 1. The van der Waals surface area contributed by atoms with Gasteiger partial charge in [-0.1, -0.05) is 6.07 Å². The summed E-state index contributed by atoms with van der Waals surface area (Å²) >= 11 is 0. The van der Waals surface area contributed by atoms with Crippen LogP contribution in [0.1, 0.15) is 0 Å². The number of hydrogen-bond donors (Lipinski definition) is 3.